The van der Waals surface area contributed by atoms with E-state index in [1.54, 1.807) is 38.5 Å². The second-order valence-corrected chi connectivity index (χ2v) is 13.2. The topological polar surface area (TPSA) is 129 Å². The number of aliphatic hydroxyl groups is 1. The fourth-order valence-corrected chi connectivity index (χ4v) is 8.68. The lowest BCUT2D eigenvalue weighted by Gasteiger charge is -2.64. The molecule has 222 valence electrons. The van der Waals surface area contributed by atoms with Gasteiger partial charge in [-0.05, 0) is 44.6 Å². The van der Waals surface area contributed by atoms with Crippen molar-refractivity contribution in [3.05, 3.63) is 47.5 Å². The standard InChI is InChI=1S/C32H40O9/c1-8-16(2)28(36)41-27-19-13-18-20(32(6,25(19)35)24(30(27,3)4)23(34)29(37)38-7)9-11-31(5)21(18)14-22(33)40-26(31)17-10-12-39-15-17/h8,10,12-13,15,19-21,23-24,26-27,34H,9,11,14H2,1-7H3/b16-8+/t19-,20?,21?,23?,24-,26-,27?,31+,32?/m0/s1. The predicted molar refractivity (Wildman–Crippen MR) is 146 cm³/mol. The van der Waals surface area contributed by atoms with Crippen molar-refractivity contribution >= 4 is 23.7 Å². The number of furan rings is 1. The summed E-state index contributed by atoms with van der Waals surface area (Å²) in [5, 5.41) is 11.5. The van der Waals surface area contributed by atoms with Crippen LogP contribution in [0.1, 0.15) is 72.5 Å². The lowest BCUT2D eigenvalue weighted by atomic mass is 9.40. The fraction of sp³-hybridized carbons (Fsp3) is 0.625. The Morgan fingerprint density at radius 3 is 2.49 bits per heavy atom. The summed E-state index contributed by atoms with van der Waals surface area (Å²) in [4.78, 5) is 53.4. The molecule has 1 aliphatic heterocycles. The Morgan fingerprint density at radius 1 is 1.17 bits per heavy atom. The van der Waals surface area contributed by atoms with Gasteiger partial charge in [-0.3, -0.25) is 9.59 Å². The minimum absolute atomic E-state index is 0.139. The number of aliphatic hydroxyl groups excluding tert-OH is 1. The molecule has 5 unspecified atom stereocenters. The first-order valence-corrected chi connectivity index (χ1v) is 14.3. The molecule has 1 aromatic rings. The number of ether oxygens (including phenoxy) is 3. The molecular weight excluding hydrogens is 528 g/mol. The number of carbonyl (C=O) groups excluding carboxylic acids is 4. The lowest BCUT2D eigenvalue weighted by Crippen LogP contribution is -2.69. The first-order chi connectivity index (χ1) is 19.2. The van der Waals surface area contributed by atoms with Crippen molar-refractivity contribution in [3.8, 4) is 0 Å². The molecule has 1 saturated heterocycles. The minimum Gasteiger partial charge on any atom is -0.472 e. The number of fused-ring (bicyclic) bond motifs is 6. The summed E-state index contributed by atoms with van der Waals surface area (Å²) in [5.41, 5.74) is -0.563. The van der Waals surface area contributed by atoms with Gasteiger partial charge in [-0.1, -0.05) is 45.4 Å². The van der Waals surface area contributed by atoms with Gasteiger partial charge in [0.1, 0.15) is 18.0 Å². The minimum atomic E-state index is -1.63. The van der Waals surface area contributed by atoms with Crippen molar-refractivity contribution in [2.75, 3.05) is 7.11 Å². The second-order valence-electron chi connectivity index (χ2n) is 13.2. The van der Waals surface area contributed by atoms with E-state index in [-0.39, 0.29) is 30.0 Å². The van der Waals surface area contributed by atoms with Crippen molar-refractivity contribution in [2.24, 2.45) is 39.9 Å². The quantitative estimate of drug-likeness (QED) is 0.236. The van der Waals surface area contributed by atoms with Gasteiger partial charge in [-0.2, -0.15) is 0 Å². The lowest BCUT2D eigenvalue weighted by molar-refractivity contribution is -0.208. The molecule has 3 aliphatic carbocycles. The molecular formula is C32H40O9. The zero-order valence-corrected chi connectivity index (χ0v) is 24.8. The van der Waals surface area contributed by atoms with Crippen molar-refractivity contribution in [1.29, 1.82) is 0 Å². The summed E-state index contributed by atoms with van der Waals surface area (Å²) in [6, 6.07) is 1.80. The predicted octanol–water partition coefficient (Wildman–Crippen LogP) is 4.50. The summed E-state index contributed by atoms with van der Waals surface area (Å²) in [6.07, 6.45) is 4.96. The molecule has 0 spiro atoms. The highest BCUT2D eigenvalue weighted by Crippen LogP contribution is 2.68. The van der Waals surface area contributed by atoms with Crippen molar-refractivity contribution in [1.82, 2.24) is 0 Å². The molecule has 0 amide bonds. The Hall–Kier alpha value is -3.20. The molecule has 41 heavy (non-hydrogen) atoms. The summed E-state index contributed by atoms with van der Waals surface area (Å²) in [6.45, 7) is 11.0. The van der Waals surface area contributed by atoms with Crippen LogP contribution in [0.3, 0.4) is 0 Å². The van der Waals surface area contributed by atoms with Crippen LogP contribution in [0.5, 0.6) is 0 Å². The summed E-state index contributed by atoms with van der Waals surface area (Å²) >= 11 is 0. The Kier molecular flexibility index (Phi) is 7.12. The fourth-order valence-electron chi connectivity index (χ4n) is 8.68. The molecule has 5 rings (SSSR count). The van der Waals surface area contributed by atoms with E-state index >= 15 is 0 Å². The first kappa shape index (κ1) is 29.3. The van der Waals surface area contributed by atoms with Crippen molar-refractivity contribution in [2.45, 2.75) is 79.1 Å². The molecule has 2 saturated carbocycles. The van der Waals surface area contributed by atoms with Gasteiger partial charge in [0.05, 0.1) is 32.0 Å². The van der Waals surface area contributed by atoms with Crippen LogP contribution in [0.2, 0.25) is 0 Å². The maximum absolute atomic E-state index is 14.5. The Labute approximate surface area is 240 Å². The molecule has 0 aromatic carbocycles. The molecule has 1 N–H and O–H groups in total. The van der Waals surface area contributed by atoms with Gasteiger partial charge >= 0.3 is 17.9 Å². The molecule has 2 bridgehead atoms. The van der Waals surface area contributed by atoms with Gasteiger partial charge in [-0.25, -0.2) is 9.59 Å². The number of hydrogen-bond donors (Lipinski definition) is 1. The number of hydrogen-bond acceptors (Lipinski definition) is 9. The third-order valence-corrected chi connectivity index (χ3v) is 10.8. The molecule has 1 aromatic heterocycles. The van der Waals surface area contributed by atoms with Crippen LogP contribution in [0.15, 0.2) is 46.3 Å². The van der Waals surface area contributed by atoms with E-state index in [0.717, 1.165) is 11.1 Å². The average molecular weight is 569 g/mol. The van der Waals surface area contributed by atoms with Crippen LogP contribution in [-0.2, 0) is 33.4 Å². The number of allylic oxidation sites excluding steroid dienone is 2. The number of esters is 3. The zero-order valence-electron chi connectivity index (χ0n) is 24.8. The highest BCUT2D eigenvalue weighted by atomic mass is 16.6. The third kappa shape index (κ3) is 4.14. The second kappa shape index (κ2) is 9.96. The SMILES string of the molecule is C/C=C(\C)C(=O)OC1[C@H]2C=C3C(CC[C@]4(C)C3CC(=O)O[C@H]4c3ccoc3)C(C)(C2=O)[C@@H](C(O)C(=O)OC)C1(C)C. The van der Waals surface area contributed by atoms with Gasteiger partial charge in [0.2, 0.25) is 0 Å². The van der Waals surface area contributed by atoms with E-state index in [2.05, 4.69) is 6.92 Å². The molecule has 9 heteroatoms. The van der Waals surface area contributed by atoms with Crippen LogP contribution in [0.25, 0.3) is 0 Å². The highest BCUT2D eigenvalue weighted by molar-refractivity contribution is 5.95. The number of methoxy groups -OCH3 is 1. The summed E-state index contributed by atoms with van der Waals surface area (Å²) in [7, 11) is 1.20. The Bertz CT molecular complexity index is 1320. The van der Waals surface area contributed by atoms with E-state index in [0.29, 0.717) is 18.4 Å². The van der Waals surface area contributed by atoms with E-state index < -0.39 is 58.3 Å². The van der Waals surface area contributed by atoms with Crippen LogP contribution in [0, 0.1) is 39.9 Å². The largest absolute Gasteiger partial charge is 0.472 e. The van der Waals surface area contributed by atoms with Gasteiger partial charge in [0.25, 0.3) is 0 Å². The molecule has 9 atom stereocenters. The Morgan fingerprint density at radius 2 is 1.88 bits per heavy atom. The van der Waals surface area contributed by atoms with E-state index in [4.69, 9.17) is 18.6 Å². The van der Waals surface area contributed by atoms with Gasteiger partial charge in [0.15, 0.2) is 6.10 Å². The van der Waals surface area contributed by atoms with Crippen molar-refractivity contribution < 1.29 is 42.9 Å². The number of cyclic esters (lactones) is 1. The van der Waals surface area contributed by atoms with Gasteiger partial charge in [-0.15, -0.1) is 0 Å². The Balaban J connectivity index is 1.69. The number of ketones is 1. The van der Waals surface area contributed by atoms with E-state index in [1.165, 1.54) is 7.11 Å². The van der Waals surface area contributed by atoms with Gasteiger partial charge in [0, 0.05) is 33.3 Å². The highest BCUT2D eigenvalue weighted by Gasteiger charge is 2.70. The number of rotatable bonds is 5. The first-order valence-electron chi connectivity index (χ1n) is 14.3. The monoisotopic (exact) mass is 568 g/mol. The molecule has 2 heterocycles. The van der Waals surface area contributed by atoms with Crippen molar-refractivity contribution in [3.63, 3.8) is 0 Å². The van der Waals surface area contributed by atoms with Crippen LogP contribution in [-0.4, -0.2) is 48.1 Å². The number of carbonyl (C=O) groups is 4. The van der Waals surface area contributed by atoms with E-state index in [1.807, 2.05) is 26.8 Å². The number of Topliss-reactive ketones (excluding diaryl/α,β-unsaturated/α-hetero) is 1. The van der Waals surface area contributed by atoms with Crippen LogP contribution >= 0.6 is 0 Å². The third-order valence-electron chi connectivity index (χ3n) is 10.8. The summed E-state index contributed by atoms with van der Waals surface area (Å²) in [5.74, 6) is -4.27. The van der Waals surface area contributed by atoms with Crippen LogP contribution in [0.4, 0.5) is 0 Å². The average Bonchev–Trinajstić information content (AvgIpc) is 3.46. The maximum atomic E-state index is 14.5. The molecule has 3 fully saturated rings. The normalized spacial score (nSPS) is 38.5. The molecule has 4 aliphatic rings. The zero-order chi connectivity index (χ0) is 30.1. The smallest absolute Gasteiger partial charge is 0.335 e. The summed E-state index contributed by atoms with van der Waals surface area (Å²) < 4.78 is 22.2. The molecule has 0 radical (unpaired) electrons. The maximum Gasteiger partial charge on any atom is 0.335 e. The van der Waals surface area contributed by atoms with E-state index in [9.17, 15) is 24.3 Å². The molecule has 9 nitrogen and oxygen atoms in total. The van der Waals surface area contributed by atoms with Gasteiger partial charge < -0.3 is 23.7 Å². The van der Waals surface area contributed by atoms with Crippen LogP contribution < -0.4 is 0 Å².